The van der Waals surface area contributed by atoms with Crippen molar-refractivity contribution in [2.24, 2.45) is 0 Å². The van der Waals surface area contributed by atoms with Gasteiger partial charge in [0.1, 0.15) is 5.69 Å². The summed E-state index contributed by atoms with van der Waals surface area (Å²) in [5, 5.41) is 0.399. The van der Waals surface area contributed by atoms with Crippen LogP contribution in [0.5, 0.6) is 0 Å². The number of carbonyl (C=O) groups excluding carboxylic acids is 1. The van der Waals surface area contributed by atoms with E-state index in [9.17, 15) is 4.79 Å². The van der Waals surface area contributed by atoms with Crippen LogP contribution >= 0.6 is 11.6 Å². The summed E-state index contributed by atoms with van der Waals surface area (Å²) in [6.07, 6.45) is 5.08. The molecule has 1 aliphatic rings. The third kappa shape index (κ3) is 1.95. The van der Waals surface area contributed by atoms with Gasteiger partial charge in [0.15, 0.2) is 5.15 Å². The minimum Gasteiger partial charge on any atom is -0.334 e. The molecule has 0 saturated carbocycles. The van der Waals surface area contributed by atoms with Crippen molar-refractivity contribution < 1.29 is 4.79 Å². The van der Waals surface area contributed by atoms with Gasteiger partial charge in [-0.15, -0.1) is 0 Å². The van der Waals surface area contributed by atoms with Crippen LogP contribution in [0.25, 0.3) is 0 Å². The monoisotopic (exact) mass is 225 g/mol. The molecular weight excluding hydrogens is 214 g/mol. The van der Waals surface area contributed by atoms with Crippen molar-refractivity contribution in [1.82, 2.24) is 14.9 Å². The molecule has 0 bridgehead atoms. The molecule has 1 aromatic rings. The number of aromatic nitrogens is 2. The quantitative estimate of drug-likeness (QED) is 0.733. The topological polar surface area (TPSA) is 46.1 Å². The molecule has 1 unspecified atom stereocenters. The van der Waals surface area contributed by atoms with Gasteiger partial charge in [-0.3, -0.25) is 9.78 Å². The summed E-state index contributed by atoms with van der Waals surface area (Å²) < 4.78 is 0. The van der Waals surface area contributed by atoms with Crippen LogP contribution in [0.2, 0.25) is 5.15 Å². The fourth-order valence-corrected chi connectivity index (χ4v) is 2.21. The smallest absolute Gasteiger partial charge is 0.220 e. The first-order valence-electron chi connectivity index (χ1n) is 4.94. The zero-order valence-electron chi connectivity index (χ0n) is 8.48. The van der Waals surface area contributed by atoms with Crippen LogP contribution in [-0.4, -0.2) is 27.3 Å². The standard InChI is InChI=1S/C10H12ClN3O/c1-7(15)14-6-2-3-8(14)9-10(11)13-5-4-12-9/h4-5,8H,2-3,6H2,1H3. The maximum Gasteiger partial charge on any atom is 0.220 e. The van der Waals surface area contributed by atoms with E-state index in [-0.39, 0.29) is 11.9 Å². The predicted molar refractivity (Wildman–Crippen MR) is 56.4 cm³/mol. The van der Waals surface area contributed by atoms with Crippen molar-refractivity contribution in [3.63, 3.8) is 0 Å². The molecule has 1 amide bonds. The molecule has 1 saturated heterocycles. The lowest BCUT2D eigenvalue weighted by Crippen LogP contribution is -2.28. The number of nitrogens with zero attached hydrogens (tertiary/aromatic N) is 3. The molecule has 0 aliphatic carbocycles. The van der Waals surface area contributed by atoms with E-state index in [4.69, 9.17) is 11.6 Å². The number of likely N-dealkylation sites (tertiary alicyclic amines) is 1. The number of hydrogen-bond donors (Lipinski definition) is 0. The summed E-state index contributed by atoms with van der Waals surface area (Å²) in [6, 6.07) is 0.00343. The molecular formula is C10H12ClN3O. The number of rotatable bonds is 1. The normalized spacial score (nSPS) is 20.7. The van der Waals surface area contributed by atoms with E-state index in [2.05, 4.69) is 9.97 Å². The highest BCUT2D eigenvalue weighted by Gasteiger charge is 2.30. The molecule has 1 aliphatic heterocycles. The van der Waals surface area contributed by atoms with Crippen LogP contribution in [0.15, 0.2) is 12.4 Å². The molecule has 2 rings (SSSR count). The van der Waals surface area contributed by atoms with Gasteiger partial charge in [-0.1, -0.05) is 11.6 Å². The molecule has 1 fully saturated rings. The lowest BCUT2D eigenvalue weighted by atomic mass is 10.1. The highest BCUT2D eigenvalue weighted by atomic mass is 35.5. The minimum atomic E-state index is 0.00343. The molecule has 15 heavy (non-hydrogen) atoms. The summed E-state index contributed by atoms with van der Waals surface area (Å²) in [7, 11) is 0. The van der Waals surface area contributed by atoms with E-state index in [0.717, 1.165) is 19.4 Å². The second-order valence-electron chi connectivity index (χ2n) is 3.60. The average molecular weight is 226 g/mol. The lowest BCUT2D eigenvalue weighted by Gasteiger charge is -2.22. The van der Waals surface area contributed by atoms with Crippen LogP contribution in [0, 0.1) is 0 Å². The van der Waals surface area contributed by atoms with Crippen molar-refractivity contribution in [2.45, 2.75) is 25.8 Å². The first-order valence-corrected chi connectivity index (χ1v) is 5.31. The van der Waals surface area contributed by atoms with E-state index in [1.807, 2.05) is 0 Å². The Balaban J connectivity index is 2.30. The second-order valence-corrected chi connectivity index (χ2v) is 3.96. The maximum absolute atomic E-state index is 11.4. The molecule has 5 heteroatoms. The summed E-state index contributed by atoms with van der Waals surface area (Å²) >= 11 is 5.96. The first-order chi connectivity index (χ1) is 7.20. The van der Waals surface area contributed by atoms with Gasteiger partial charge in [0.2, 0.25) is 5.91 Å². The summed E-state index contributed by atoms with van der Waals surface area (Å²) in [6.45, 7) is 2.36. The van der Waals surface area contributed by atoms with Crippen LogP contribution < -0.4 is 0 Å². The van der Waals surface area contributed by atoms with Crippen molar-refractivity contribution in [3.8, 4) is 0 Å². The number of halogens is 1. The van der Waals surface area contributed by atoms with Gasteiger partial charge >= 0.3 is 0 Å². The van der Waals surface area contributed by atoms with Crippen LogP contribution in [0.1, 0.15) is 31.5 Å². The van der Waals surface area contributed by atoms with Gasteiger partial charge in [-0.25, -0.2) is 4.98 Å². The third-order valence-corrected chi connectivity index (χ3v) is 2.94. The van der Waals surface area contributed by atoms with Gasteiger partial charge < -0.3 is 4.90 Å². The van der Waals surface area contributed by atoms with Gasteiger partial charge in [-0.2, -0.15) is 0 Å². The number of amides is 1. The van der Waals surface area contributed by atoms with Crippen LogP contribution in [0.4, 0.5) is 0 Å². The zero-order valence-corrected chi connectivity index (χ0v) is 9.24. The van der Waals surface area contributed by atoms with Gasteiger partial charge in [0.05, 0.1) is 6.04 Å². The van der Waals surface area contributed by atoms with E-state index in [1.165, 1.54) is 0 Å². The largest absolute Gasteiger partial charge is 0.334 e. The lowest BCUT2D eigenvalue weighted by molar-refractivity contribution is -0.129. The van der Waals surface area contributed by atoms with Crippen LogP contribution in [-0.2, 0) is 4.79 Å². The van der Waals surface area contributed by atoms with E-state index in [0.29, 0.717) is 10.8 Å². The first kappa shape index (κ1) is 10.4. The SMILES string of the molecule is CC(=O)N1CCCC1c1nccnc1Cl. The fraction of sp³-hybridized carbons (Fsp3) is 0.500. The van der Waals surface area contributed by atoms with Crippen molar-refractivity contribution in [1.29, 1.82) is 0 Å². The van der Waals surface area contributed by atoms with Gasteiger partial charge in [0.25, 0.3) is 0 Å². The summed E-state index contributed by atoms with van der Waals surface area (Å²) in [5.41, 5.74) is 0.715. The highest BCUT2D eigenvalue weighted by molar-refractivity contribution is 6.30. The Bertz CT molecular complexity index is 383. The Morgan fingerprint density at radius 2 is 2.27 bits per heavy atom. The van der Waals surface area contributed by atoms with Gasteiger partial charge in [0, 0.05) is 25.9 Å². The Kier molecular flexibility index (Phi) is 2.86. The molecule has 0 spiro atoms. The maximum atomic E-state index is 11.4. The average Bonchev–Trinajstić information content (AvgIpc) is 2.67. The fourth-order valence-electron chi connectivity index (χ4n) is 1.98. The summed E-state index contributed by atoms with van der Waals surface area (Å²) in [5.74, 6) is 0.0687. The second kappa shape index (κ2) is 4.14. The Morgan fingerprint density at radius 3 is 2.93 bits per heavy atom. The Hall–Kier alpha value is -1.16. The molecule has 4 nitrogen and oxygen atoms in total. The van der Waals surface area contributed by atoms with Crippen molar-refractivity contribution >= 4 is 17.5 Å². The van der Waals surface area contributed by atoms with Crippen molar-refractivity contribution in [3.05, 3.63) is 23.2 Å². The highest BCUT2D eigenvalue weighted by Crippen LogP contribution is 2.33. The van der Waals surface area contributed by atoms with Crippen LogP contribution in [0.3, 0.4) is 0 Å². The molecule has 80 valence electrons. The van der Waals surface area contributed by atoms with Gasteiger partial charge in [-0.05, 0) is 12.8 Å². The summed E-state index contributed by atoms with van der Waals surface area (Å²) in [4.78, 5) is 21.4. The predicted octanol–water partition coefficient (Wildman–Crippen LogP) is 1.81. The molecule has 1 atom stereocenters. The number of carbonyl (C=O) groups is 1. The Labute approximate surface area is 93.3 Å². The van der Waals surface area contributed by atoms with Crippen molar-refractivity contribution in [2.75, 3.05) is 6.54 Å². The van der Waals surface area contributed by atoms with E-state index in [1.54, 1.807) is 24.2 Å². The third-order valence-electron chi connectivity index (χ3n) is 2.65. The molecule has 0 N–H and O–H groups in total. The van der Waals surface area contributed by atoms with E-state index < -0.39 is 0 Å². The van der Waals surface area contributed by atoms with E-state index >= 15 is 0 Å². The molecule has 0 radical (unpaired) electrons. The molecule has 0 aromatic carbocycles. The minimum absolute atomic E-state index is 0.00343. The molecule has 1 aromatic heterocycles. The molecule has 2 heterocycles. The zero-order chi connectivity index (χ0) is 10.8. The Morgan fingerprint density at radius 1 is 1.53 bits per heavy atom. The number of hydrogen-bond acceptors (Lipinski definition) is 3.